The molecule has 2 aliphatic rings. The Kier molecular flexibility index (Phi) is 9.73. The predicted molar refractivity (Wildman–Crippen MR) is 150 cm³/mol. The first-order valence-electron chi connectivity index (χ1n) is 13.8. The molecular formula is C31H50O3Si. The van der Waals surface area contributed by atoms with Crippen LogP contribution in [0.4, 0.5) is 0 Å². The van der Waals surface area contributed by atoms with E-state index in [9.17, 15) is 0 Å². The monoisotopic (exact) mass is 498 g/mol. The lowest BCUT2D eigenvalue weighted by atomic mass is 9.83. The molecule has 1 aliphatic heterocycles. The highest BCUT2D eigenvalue weighted by molar-refractivity contribution is 6.74. The van der Waals surface area contributed by atoms with E-state index < -0.39 is 8.32 Å². The van der Waals surface area contributed by atoms with Gasteiger partial charge in [-0.25, -0.2) is 0 Å². The van der Waals surface area contributed by atoms with Crippen molar-refractivity contribution in [2.24, 2.45) is 17.8 Å². The molecule has 1 saturated carbocycles. The maximum Gasteiger partial charge on any atom is 0.192 e. The van der Waals surface area contributed by atoms with Crippen molar-refractivity contribution in [3.05, 3.63) is 54.3 Å². The van der Waals surface area contributed by atoms with Crippen molar-refractivity contribution < 1.29 is 13.9 Å². The smallest absolute Gasteiger partial charge is 0.192 e. The third-order valence-electron chi connectivity index (χ3n) is 8.60. The van der Waals surface area contributed by atoms with E-state index >= 15 is 0 Å². The Morgan fingerprint density at radius 3 is 2.69 bits per heavy atom. The molecule has 1 fully saturated rings. The van der Waals surface area contributed by atoms with Crippen LogP contribution in [0, 0.1) is 24.7 Å². The summed E-state index contributed by atoms with van der Waals surface area (Å²) >= 11 is 0. The van der Waals surface area contributed by atoms with Crippen molar-refractivity contribution in [3.8, 4) is 5.75 Å². The Bertz CT molecular complexity index is 853. The molecule has 1 aromatic carbocycles. The van der Waals surface area contributed by atoms with Crippen LogP contribution in [0.25, 0.3) is 0 Å². The zero-order chi connectivity index (χ0) is 25.6. The van der Waals surface area contributed by atoms with E-state index in [0.29, 0.717) is 30.5 Å². The predicted octanol–water partition coefficient (Wildman–Crippen LogP) is 8.85. The SMILES string of the molecule is C=C1CCC/C=C\C[C@@H]2[C@@H](CC[C@H](COc3cccc(C)c3)O[Si](C)(C)C(C)(C)C)[C@H](C)C[C@@H]2O1. The molecule has 0 spiro atoms. The molecule has 0 bridgehead atoms. The van der Waals surface area contributed by atoms with Crippen molar-refractivity contribution in [1.29, 1.82) is 0 Å². The van der Waals surface area contributed by atoms with Gasteiger partial charge in [0, 0.05) is 12.3 Å². The minimum absolute atomic E-state index is 0.105. The van der Waals surface area contributed by atoms with E-state index in [1.54, 1.807) is 0 Å². The second-order valence-corrected chi connectivity index (χ2v) is 17.3. The topological polar surface area (TPSA) is 27.7 Å². The van der Waals surface area contributed by atoms with Gasteiger partial charge in [-0.15, -0.1) is 0 Å². The largest absolute Gasteiger partial charge is 0.495 e. The number of rotatable bonds is 8. The highest BCUT2D eigenvalue weighted by Crippen LogP contribution is 2.45. The van der Waals surface area contributed by atoms with Crippen LogP contribution in [0.1, 0.15) is 78.2 Å². The Morgan fingerprint density at radius 2 is 1.97 bits per heavy atom. The van der Waals surface area contributed by atoms with E-state index in [2.05, 4.69) is 90.7 Å². The minimum atomic E-state index is -1.91. The van der Waals surface area contributed by atoms with Gasteiger partial charge >= 0.3 is 0 Å². The summed E-state index contributed by atoms with van der Waals surface area (Å²) in [6, 6.07) is 8.34. The fraction of sp³-hybridized carbons (Fsp3) is 0.677. The molecule has 3 nitrogen and oxygen atoms in total. The van der Waals surface area contributed by atoms with E-state index in [4.69, 9.17) is 13.9 Å². The number of fused-ring (bicyclic) bond motifs is 1. The molecule has 4 heteroatoms. The average Bonchev–Trinajstić information content (AvgIpc) is 3.05. The van der Waals surface area contributed by atoms with Crippen molar-refractivity contribution in [2.45, 2.75) is 110 Å². The third-order valence-corrected chi connectivity index (χ3v) is 13.1. The lowest BCUT2D eigenvalue weighted by Gasteiger charge is -2.39. The van der Waals surface area contributed by atoms with Crippen LogP contribution < -0.4 is 4.74 Å². The normalized spacial score (nSPS) is 27.6. The fourth-order valence-electron chi connectivity index (χ4n) is 5.48. The molecule has 0 N–H and O–H groups in total. The molecular weight excluding hydrogens is 448 g/mol. The number of allylic oxidation sites excluding steroid dienone is 3. The zero-order valence-electron chi connectivity index (χ0n) is 23.4. The molecule has 0 amide bonds. The summed E-state index contributed by atoms with van der Waals surface area (Å²) in [5, 5.41) is 0.176. The second-order valence-electron chi connectivity index (χ2n) is 12.5. The number of ether oxygens (including phenoxy) is 2. The number of hydrogen-bond acceptors (Lipinski definition) is 3. The van der Waals surface area contributed by atoms with Crippen molar-refractivity contribution in [2.75, 3.05) is 6.61 Å². The standard InChI is InChI=1S/C31H50O3Si/c1-23-14-13-16-26(20-23)32-22-27(34-35(7,8)31(4,5)6)18-19-28-24(2)21-30-29(28)17-12-10-9-11-15-25(3)33-30/h10,12-14,16,20,24,27-30H,3,9,11,15,17-19,21-22H2,1-2,4-8H3/b12-10-/t24-,27-,28+,29-,30+/m1/s1. The molecule has 1 aromatic rings. The summed E-state index contributed by atoms with van der Waals surface area (Å²) in [5.74, 6) is 3.77. The van der Waals surface area contributed by atoms with Crippen molar-refractivity contribution in [1.82, 2.24) is 0 Å². The first kappa shape index (κ1) is 28.1. The van der Waals surface area contributed by atoms with Gasteiger partial charge in [0.2, 0.25) is 0 Å². The lowest BCUT2D eigenvalue weighted by Crippen LogP contribution is -2.45. The first-order chi connectivity index (χ1) is 16.5. The summed E-state index contributed by atoms with van der Waals surface area (Å²) in [6.07, 6.45) is 12.9. The maximum absolute atomic E-state index is 6.94. The van der Waals surface area contributed by atoms with Gasteiger partial charge in [-0.2, -0.15) is 0 Å². The van der Waals surface area contributed by atoms with Crippen LogP contribution in [0.3, 0.4) is 0 Å². The minimum Gasteiger partial charge on any atom is -0.495 e. The number of aryl methyl sites for hydroxylation is 1. The van der Waals surface area contributed by atoms with Gasteiger partial charge in [0.25, 0.3) is 0 Å². The molecule has 3 rings (SSSR count). The summed E-state index contributed by atoms with van der Waals surface area (Å²) in [7, 11) is -1.91. The van der Waals surface area contributed by atoms with Crippen LogP contribution in [-0.4, -0.2) is 27.1 Å². The van der Waals surface area contributed by atoms with Gasteiger partial charge in [0.05, 0.1) is 11.9 Å². The third kappa shape index (κ3) is 7.98. The van der Waals surface area contributed by atoms with Crippen LogP contribution in [0.5, 0.6) is 5.75 Å². The summed E-state index contributed by atoms with van der Waals surface area (Å²) < 4.78 is 19.6. The Balaban J connectivity index is 1.71. The van der Waals surface area contributed by atoms with Crippen LogP contribution in [-0.2, 0) is 9.16 Å². The zero-order valence-corrected chi connectivity index (χ0v) is 24.4. The van der Waals surface area contributed by atoms with E-state index in [-0.39, 0.29) is 11.1 Å². The molecule has 0 radical (unpaired) electrons. The maximum atomic E-state index is 6.94. The van der Waals surface area contributed by atoms with Gasteiger partial charge < -0.3 is 13.9 Å². The molecule has 35 heavy (non-hydrogen) atoms. The number of hydrogen-bond donors (Lipinski definition) is 0. The highest BCUT2D eigenvalue weighted by atomic mass is 28.4. The van der Waals surface area contributed by atoms with Gasteiger partial charge in [-0.1, -0.05) is 58.6 Å². The van der Waals surface area contributed by atoms with Gasteiger partial charge in [-0.05, 0) is 93.1 Å². The Hall–Kier alpha value is -1.52. The lowest BCUT2D eigenvalue weighted by molar-refractivity contribution is 0.0610. The summed E-state index contributed by atoms with van der Waals surface area (Å²) in [4.78, 5) is 0. The summed E-state index contributed by atoms with van der Waals surface area (Å²) in [5.41, 5.74) is 1.22. The van der Waals surface area contributed by atoms with Crippen LogP contribution in [0.15, 0.2) is 48.8 Å². The summed E-state index contributed by atoms with van der Waals surface area (Å²) in [6.45, 7) is 21.0. The van der Waals surface area contributed by atoms with Crippen molar-refractivity contribution >= 4 is 8.32 Å². The molecule has 196 valence electrons. The van der Waals surface area contributed by atoms with E-state index in [1.165, 1.54) is 5.56 Å². The Morgan fingerprint density at radius 1 is 1.20 bits per heavy atom. The highest BCUT2D eigenvalue weighted by Gasteiger charge is 2.43. The van der Waals surface area contributed by atoms with E-state index in [0.717, 1.165) is 56.5 Å². The van der Waals surface area contributed by atoms with Gasteiger partial charge in [-0.3, -0.25) is 0 Å². The Labute approximate surface area is 216 Å². The van der Waals surface area contributed by atoms with Gasteiger partial charge in [0.15, 0.2) is 8.32 Å². The van der Waals surface area contributed by atoms with Gasteiger partial charge in [0.1, 0.15) is 18.5 Å². The van der Waals surface area contributed by atoms with Crippen molar-refractivity contribution in [3.63, 3.8) is 0 Å². The molecule has 1 heterocycles. The first-order valence-corrected chi connectivity index (χ1v) is 16.7. The van der Waals surface area contributed by atoms with Crippen LogP contribution in [0.2, 0.25) is 18.1 Å². The number of benzene rings is 1. The second kappa shape index (κ2) is 12.1. The quantitative estimate of drug-likeness (QED) is 0.265. The molecule has 1 aliphatic carbocycles. The molecule has 5 atom stereocenters. The van der Waals surface area contributed by atoms with Crippen LogP contribution >= 0.6 is 0 Å². The fourth-order valence-corrected chi connectivity index (χ4v) is 6.85. The molecule has 0 aromatic heterocycles. The van der Waals surface area contributed by atoms with E-state index in [1.807, 2.05) is 0 Å². The average molecular weight is 499 g/mol. The molecule has 0 unspecified atom stereocenters. The molecule has 0 saturated heterocycles.